The van der Waals surface area contributed by atoms with Crippen LogP contribution in [0.15, 0.2) is 58.3 Å². The maximum Gasteiger partial charge on any atom is 0.407 e. The number of nitrogens with one attached hydrogen (secondary N) is 5. The van der Waals surface area contributed by atoms with Gasteiger partial charge in [-0.15, -0.1) is 0 Å². The van der Waals surface area contributed by atoms with Crippen molar-refractivity contribution in [3.05, 3.63) is 60.8 Å². The summed E-state index contributed by atoms with van der Waals surface area (Å²) in [6, 6.07) is 5.97. The summed E-state index contributed by atoms with van der Waals surface area (Å²) in [6.45, 7) is 8.69. The molecular weight excluding hydrogens is 773 g/mol. The zero-order chi connectivity index (χ0) is 42.2. The number of carbonyl (C=O) groups is 4. The number of alkyl carbamates (subject to hydrolysis) is 2. The number of H-pyrrole nitrogens is 1. The number of rotatable bonds is 11. The smallest absolute Gasteiger partial charge is 0.407 e. The van der Waals surface area contributed by atoms with Gasteiger partial charge in [0.2, 0.25) is 11.8 Å². The highest BCUT2D eigenvalue weighted by atomic mass is 16.5. The van der Waals surface area contributed by atoms with Crippen molar-refractivity contribution in [2.45, 2.75) is 83.7 Å². The molecule has 0 aliphatic carbocycles. The molecule has 6 heterocycles. The maximum atomic E-state index is 13.7. The van der Waals surface area contributed by atoms with Crippen molar-refractivity contribution in [2.24, 2.45) is 11.8 Å². The van der Waals surface area contributed by atoms with E-state index in [9.17, 15) is 19.2 Å². The molecule has 5 aromatic rings. The Balaban J connectivity index is 1.02. The number of methoxy groups -OCH3 is 2. The van der Waals surface area contributed by atoms with Gasteiger partial charge in [0.25, 0.3) is 0 Å². The van der Waals surface area contributed by atoms with Crippen molar-refractivity contribution in [1.82, 2.24) is 51.0 Å². The van der Waals surface area contributed by atoms with Crippen molar-refractivity contribution in [1.29, 1.82) is 0 Å². The summed E-state index contributed by atoms with van der Waals surface area (Å²) in [6.07, 6.45) is 8.04. The topological polar surface area (TPSA) is 222 Å². The first kappa shape index (κ1) is 40.2. The first-order chi connectivity index (χ1) is 29.0. The van der Waals surface area contributed by atoms with Crippen LogP contribution in [0.4, 0.5) is 9.59 Å². The van der Waals surface area contributed by atoms with Gasteiger partial charge in [0, 0.05) is 41.5 Å². The van der Waals surface area contributed by atoms with Crippen LogP contribution in [0.25, 0.3) is 50.3 Å². The molecule has 0 bridgehead atoms. The number of carbonyl (C=O) groups excluding carboxylic acids is 4. The third-order valence-electron chi connectivity index (χ3n) is 11.8. The second-order valence-electron chi connectivity index (χ2n) is 16.1. The minimum atomic E-state index is -0.735. The molecular formula is C42H50N10O8. The molecule has 3 aliphatic rings. The molecule has 0 spiro atoms. The molecule has 3 aromatic heterocycles. The predicted octanol–water partition coefficient (Wildman–Crippen LogP) is 5.26. The lowest BCUT2D eigenvalue weighted by molar-refractivity contribution is -0.136. The largest absolute Gasteiger partial charge is 0.453 e. The number of aromatic amines is 1. The molecule has 5 N–H and O–H groups in total. The van der Waals surface area contributed by atoms with Crippen LogP contribution in [-0.4, -0.2) is 105 Å². The second kappa shape index (κ2) is 16.6. The van der Waals surface area contributed by atoms with Crippen LogP contribution < -0.4 is 21.3 Å². The minimum Gasteiger partial charge on any atom is -0.453 e. The fourth-order valence-electron chi connectivity index (χ4n) is 8.67. The lowest BCUT2D eigenvalue weighted by Gasteiger charge is -2.34. The van der Waals surface area contributed by atoms with Crippen LogP contribution >= 0.6 is 0 Å². The maximum absolute atomic E-state index is 13.7. The van der Waals surface area contributed by atoms with Gasteiger partial charge in [0.05, 0.1) is 43.9 Å². The van der Waals surface area contributed by atoms with Crippen molar-refractivity contribution >= 4 is 51.9 Å². The highest BCUT2D eigenvalue weighted by Gasteiger charge is 2.41. The van der Waals surface area contributed by atoms with Gasteiger partial charge in [-0.05, 0) is 49.7 Å². The fourth-order valence-corrected chi connectivity index (χ4v) is 8.67. The summed E-state index contributed by atoms with van der Waals surface area (Å²) in [5.41, 5.74) is 7.02. The van der Waals surface area contributed by atoms with E-state index in [4.69, 9.17) is 23.3 Å². The molecule has 2 saturated heterocycles. The molecule has 3 aliphatic heterocycles. The summed E-state index contributed by atoms with van der Waals surface area (Å²) >= 11 is 0. The standard InChI is InChI=1S/C42H50N10O8/c1-21(2)31(49-41(55)57-5)39(53)51-15-7-9-29(51)37-43-17-27(47-37)25-13-11-23(33-35(25)59-19-45-33)24-12-14-26(36-34(24)46-20-60-36)28-18-44-38(48-28)30-10-8-16-52(30)40(54)32(22(3)4)50-42(56)58-6/h11-14,17-22,29-32,37,43,47H,7-10,15-16H2,1-6H3,(H,44,48)(H,49,55)(H,50,56)/t29-,30-,31-,32-,37?/m0/s1. The number of ether oxygens (including phenoxy) is 2. The Morgan fingerprint density at radius 3 is 1.92 bits per heavy atom. The van der Waals surface area contributed by atoms with Gasteiger partial charge < -0.3 is 54.4 Å². The van der Waals surface area contributed by atoms with Gasteiger partial charge in [0.1, 0.15) is 35.1 Å². The average Bonchev–Trinajstić information content (AvgIpc) is 4.10. The van der Waals surface area contributed by atoms with Crippen LogP contribution in [-0.2, 0) is 19.1 Å². The molecule has 18 heteroatoms. The zero-order valence-corrected chi connectivity index (χ0v) is 34.4. The van der Waals surface area contributed by atoms with Crippen molar-refractivity contribution < 1.29 is 37.5 Å². The van der Waals surface area contributed by atoms with Crippen LogP contribution in [0.1, 0.15) is 70.8 Å². The van der Waals surface area contributed by atoms with E-state index in [-0.39, 0.29) is 41.9 Å². The number of amides is 4. The summed E-state index contributed by atoms with van der Waals surface area (Å²) in [4.78, 5) is 72.5. The van der Waals surface area contributed by atoms with E-state index in [1.54, 1.807) is 11.1 Å². The SMILES string of the molecule is COC(=O)N[C@H](C(=O)N1CCC[C@H]1c1ncc(-c2ccc(-c3ccc(C4=CNC([C@@H]5CCCN5C(=O)[C@@H](NC(=O)OC)C(C)C)N4)c4ocnc34)c3ncoc23)[nH]1)C(C)C. The molecule has 0 saturated carbocycles. The first-order valence-electron chi connectivity index (χ1n) is 20.3. The third-order valence-corrected chi connectivity index (χ3v) is 11.8. The Kier molecular flexibility index (Phi) is 11.1. The highest BCUT2D eigenvalue weighted by molar-refractivity contribution is 6.05. The number of hydrogen-bond acceptors (Lipinski definition) is 13. The van der Waals surface area contributed by atoms with Crippen LogP contribution in [0.3, 0.4) is 0 Å². The van der Waals surface area contributed by atoms with E-state index < -0.39 is 24.3 Å². The van der Waals surface area contributed by atoms with Crippen LogP contribution in [0.2, 0.25) is 0 Å². The number of aromatic nitrogens is 4. The van der Waals surface area contributed by atoms with Gasteiger partial charge in [-0.3, -0.25) is 9.59 Å². The Labute approximate surface area is 345 Å². The van der Waals surface area contributed by atoms with Gasteiger partial charge in [-0.2, -0.15) is 0 Å². The Morgan fingerprint density at radius 2 is 1.30 bits per heavy atom. The molecule has 18 nitrogen and oxygen atoms in total. The zero-order valence-electron chi connectivity index (χ0n) is 34.4. The van der Waals surface area contributed by atoms with Gasteiger partial charge in [-0.1, -0.05) is 39.8 Å². The van der Waals surface area contributed by atoms with E-state index in [0.29, 0.717) is 46.8 Å². The van der Waals surface area contributed by atoms with Gasteiger partial charge in [0.15, 0.2) is 24.0 Å². The number of hydrogen-bond donors (Lipinski definition) is 5. The van der Waals surface area contributed by atoms with E-state index in [1.807, 2.05) is 63.1 Å². The van der Waals surface area contributed by atoms with Crippen molar-refractivity contribution in [2.75, 3.05) is 27.3 Å². The summed E-state index contributed by atoms with van der Waals surface area (Å²) in [5, 5.41) is 12.4. The lowest BCUT2D eigenvalue weighted by atomic mass is 9.97. The molecule has 2 fully saturated rings. The summed E-state index contributed by atoms with van der Waals surface area (Å²) < 4.78 is 21.6. The van der Waals surface area contributed by atoms with E-state index >= 15 is 0 Å². The Hall–Kier alpha value is -6.59. The molecule has 316 valence electrons. The molecule has 60 heavy (non-hydrogen) atoms. The highest BCUT2D eigenvalue weighted by Crippen LogP contribution is 2.40. The average molecular weight is 823 g/mol. The second-order valence-corrected chi connectivity index (χ2v) is 16.1. The van der Waals surface area contributed by atoms with Crippen LogP contribution in [0, 0.1) is 11.8 Å². The number of fused-ring (bicyclic) bond motifs is 2. The van der Waals surface area contributed by atoms with Gasteiger partial charge in [-0.25, -0.2) is 24.5 Å². The van der Waals surface area contributed by atoms with Crippen molar-refractivity contribution in [3.63, 3.8) is 0 Å². The molecule has 1 unspecified atom stereocenters. The monoisotopic (exact) mass is 822 g/mol. The molecule has 8 rings (SSSR count). The summed E-state index contributed by atoms with van der Waals surface area (Å²) in [5.74, 6) is 0.0403. The van der Waals surface area contributed by atoms with Crippen LogP contribution in [0.5, 0.6) is 0 Å². The predicted molar refractivity (Wildman–Crippen MR) is 219 cm³/mol. The number of benzene rings is 2. The minimum absolute atomic E-state index is 0.128. The number of nitrogens with zero attached hydrogens (tertiary/aromatic N) is 5. The van der Waals surface area contributed by atoms with Crippen molar-refractivity contribution in [3.8, 4) is 22.4 Å². The number of likely N-dealkylation sites (tertiary alicyclic amines) is 2. The Morgan fingerprint density at radius 1 is 0.750 bits per heavy atom. The normalized spacial score (nSPS) is 20.0. The molecule has 0 radical (unpaired) electrons. The quantitative estimate of drug-likeness (QED) is 0.115. The first-order valence-corrected chi connectivity index (χ1v) is 20.3. The molecule has 5 atom stereocenters. The number of imidazole rings is 1. The number of oxazole rings is 2. The van der Waals surface area contributed by atoms with E-state index in [2.05, 4.69) is 36.2 Å². The van der Waals surface area contributed by atoms with E-state index in [0.717, 1.165) is 53.6 Å². The van der Waals surface area contributed by atoms with Gasteiger partial charge >= 0.3 is 12.2 Å². The molecule has 2 aromatic carbocycles. The lowest BCUT2D eigenvalue weighted by Crippen LogP contribution is -2.57. The fraction of sp³-hybridized carbons (Fsp3) is 0.452. The third kappa shape index (κ3) is 7.34. The Bertz CT molecular complexity index is 2450. The summed E-state index contributed by atoms with van der Waals surface area (Å²) in [7, 11) is 2.56. The molecule has 4 amide bonds. The van der Waals surface area contributed by atoms with E-state index in [1.165, 1.54) is 27.0 Å².